The van der Waals surface area contributed by atoms with Crippen molar-refractivity contribution in [2.45, 2.75) is 51.4 Å². The molecule has 0 aromatic rings. The van der Waals surface area contributed by atoms with Gasteiger partial charge in [-0.25, -0.2) is 4.79 Å². The van der Waals surface area contributed by atoms with Gasteiger partial charge in [0.25, 0.3) is 0 Å². The van der Waals surface area contributed by atoms with E-state index in [1.54, 1.807) is 0 Å². The molecular formula is C10H19NO3. The fourth-order valence-electron chi connectivity index (χ4n) is 1.42. The molecule has 1 heterocycles. The van der Waals surface area contributed by atoms with Gasteiger partial charge in [-0.2, -0.15) is 0 Å². The van der Waals surface area contributed by atoms with Crippen LogP contribution in [0.5, 0.6) is 0 Å². The molecule has 0 spiro atoms. The van der Waals surface area contributed by atoms with E-state index in [0.29, 0.717) is 6.54 Å². The highest BCUT2D eigenvalue weighted by molar-refractivity contribution is 5.75. The Hall–Kier alpha value is -0.610. The van der Waals surface area contributed by atoms with Crippen molar-refractivity contribution in [3.8, 4) is 0 Å². The first kappa shape index (κ1) is 11.5. The Morgan fingerprint density at radius 3 is 2.57 bits per heavy atom. The number of esters is 1. The van der Waals surface area contributed by atoms with Crippen molar-refractivity contribution >= 4 is 5.97 Å². The molecule has 1 aliphatic rings. The third kappa shape index (κ3) is 3.27. The molecule has 4 nitrogen and oxygen atoms in total. The summed E-state index contributed by atoms with van der Waals surface area (Å²) in [5, 5.41) is 0. The maximum atomic E-state index is 11.5. The summed E-state index contributed by atoms with van der Waals surface area (Å²) in [6.45, 7) is 6.01. The average Bonchev–Trinajstić information content (AvgIpc) is 2.48. The minimum atomic E-state index is -0.443. The molecule has 0 radical (unpaired) electrons. The van der Waals surface area contributed by atoms with Crippen LogP contribution in [0.2, 0.25) is 0 Å². The number of nitrogens with two attached hydrogens (primary N) is 1. The van der Waals surface area contributed by atoms with Gasteiger partial charge in [-0.1, -0.05) is 0 Å². The van der Waals surface area contributed by atoms with E-state index in [4.69, 9.17) is 15.2 Å². The smallest absolute Gasteiger partial charge is 0.335 e. The molecule has 0 aliphatic carbocycles. The van der Waals surface area contributed by atoms with Crippen LogP contribution in [0.15, 0.2) is 0 Å². The maximum Gasteiger partial charge on any atom is 0.335 e. The number of carbonyl (C=O) groups excluding carboxylic acids is 1. The zero-order valence-corrected chi connectivity index (χ0v) is 9.08. The summed E-state index contributed by atoms with van der Waals surface area (Å²) < 4.78 is 10.6. The van der Waals surface area contributed by atoms with Gasteiger partial charge in [0.2, 0.25) is 0 Å². The lowest BCUT2D eigenvalue weighted by Crippen LogP contribution is -2.32. The Morgan fingerprint density at radius 2 is 2.14 bits per heavy atom. The van der Waals surface area contributed by atoms with Crippen LogP contribution in [0.25, 0.3) is 0 Å². The highest BCUT2D eigenvalue weighted by atomic mass is 16.6. The van der Waals surface area contributed by atoms with Gasteiger partial charge >= 0.3 is 5.97 Å². The number of hydrogen-bond donors (Lipinski definition) is 1. The Balaban J connectivity index is 2.40. The predicted molar refractivity (Wildman–Crippen MR) is 52.8 cm³/mol. The van der Waals surface area contributed by atoms with E-state index < -0.39 is 11.7 Å². The van der Waals surface area contributed by atoms with Crippen LogP contribution in [0.1, 0.15) is 33.6 Å². The topological polar surface area (TPSA) is 61.5 Å². The highest BCUT2D eigenvalue weighted by Gasteiger charge is 2.33. The number of rotatable bonds is 2. The lowest BCUT2D eigenvalue weighted by molar-refractivity contribution is -0.167. The predicted octanol–water partition coefficient (Wildman–Crippen LogP) is 0.834. The molecular weight excluding hydrogens is 182 g/mol. The maximum absolute atomic E-state index is 11.5. The molecule has 2 N–H and O–H groups in total. The first-order valence-electron chi connectivity index (χ1n) is 5.01. The fourth-order valence-corrected chi connectivity index (χ4v) is 1.42. The van der Waals surface area contributed by atoms with Gasteiger partial charge < -0.3 is 15.2 Å². The molecule has 0 bridgehead atoms. The first-order valence-corrected chi connectivity index (χ1v) is 5.01. The van der Waals surface area contributed by atoms with Crippen molar-refractivity contribution < 1.29 is 14.3 Å². The van der Waals surface area contributed by atoms with Crippen LogP contribution in [-0.2, 0) is 14.3 Å². The summed E-state index contributed by atoms with van der Waals surface area (Å²) in [4.78, 5) is 11.5. The zero-order chi connectivity index (χ0) is 10.8. The number of hydrogen-bond acceptors (Lipinski definition) is 4. The lowest BCUT2D eigenvalue weighted by Gasteiger charge is -2.22. The monoisotopic (exact) mass is 201 g/mol. The Bertz CT molecular complexity index is 210. The van der Waals surface area contributed by atoms with Crippen molar-refractivity contribution in [3.63, 3.8) is 0 Å². The third-order valence-corrected chi connectivity index (χ3v) is 2.04. The van der Waals surface area contributed by atoms with E-state index in [9.17, 15) is 4.79 Å². The molecule has 2 atom stereocenters. The number of ether oxygens (including phenoxy) is 2. The molecule has 0 aromatic heterocycles. The minimum absolute atomic E-state index is 0.0209. The zero-order valence-electron chi connectivity index (χ0n) is 9.08. The molecule has 82 valence electrons. The van der Waals surface area contributed by atoms with Crippen molar-refractivity contribution in [2.75, 3.05) is 6.54 Å². The van der Waals surface area contributed by atoms with Crippen LogP contribution in [0.4, 0.5) is 0 Å². The SMILES string of the molecule is CC(C)(C)OC(=O)[C@H]1CC[C@@H](CN)O1. The van der Waals surface area contributed by atoms with Crippen molar-refractivity contribution in [1.82, 2.24) is 0 Å². The van der Waals surface area contributed by atoms with Crippen molar-refractivity contribution in [3.05, 3.63) is 0 Å². The quantitative estimate of drug-likeness (QED) is 0.672. The van der Waals surface area contributed by atoms with Crippen LogP contribution >= 0.6 is 0 Å². The van der Waals surface area contributed by atoms with E-state index in [1.807, 2.05) is 20.8 Å². The third-order valence-electron chi connectivity index (χ3n) is 2.04. The van der Waals surface area contributed by atoms with Crippen LogP contribution in [0.3, 0.4) is 0 Å². The largest absolute Gasteiger partial charge is 0.458 e. The molecule has 1 saturated heterocycles. The molecule has 0 saturated carbocycles. The van der Waals surface area contributed by atoms with Gasteiger partial charge in [0.05, 0.1) is 6.10 Å². The molecule has 0 amide bonds. The van der Waals surface area contributed by atoms with E-state index in [2.05, 4.69) is 0 Å². The van der Waals surface area contributed by atoms with E-state index >= 15 is 0 Å². The van der Waals surface area contributed by atoms with E-state index in [1.165, 1.54) is 0 Å². The molecule has 1 fully saturated rings. The highest BCUT2D eigenvalue weighted by Crippen LogP contribution is 2.21. The Morgan fingerprint density at radius 1 is 1.50 bits per heavy atom. The van der Waals surface area contributed by atoms with E-state index in [-0.39, 0.29) is 12.1 Å². The molecule has 1 rings (SSSR count). The summed E-state index contributed by atoms with van der Waals surface area (Å²) in [6, 6.07) is 0. The van der Waals surface area contributed by atoms with Gasteiger partial charge in [0, 0.05) is 6.54 Å². The fraction of sp³-hybridized carbons (Fsp3) is 0.900. The normalized spacial score (nSPS) is 27.7. The van der Waals surface area contributed by atoms with Gasteiger partial charge in [0.1, 0.15) is 5.60 Å². The average molecular weight is 201 g/mol. The lowest BCUT2D eigenvalue weighted by atomic mass is 10.1. The van der Waals surface area contributed by atoms with Crippen molar-refractivity contribution in [2.24, 2.45) is 5.73 Å². The van der Waals surface area contributed by atoms with Gasteiger partial charge in [-0.05, 0) is 33.6 Å². The molecule has 14 heavy (non-hydrogen) atoms. The Labute approximate surface area is 84.7 Å². The summed E-state index contributed by atoms with van der Waals surface area (Å²) in [5.74, 6) is -0.270. The molecule has 1 aliphatic heterocycles. The van der Waals surface area contributed by atoms with Crippen LogP contribution in [-0.4, -0.2) is 30.3 Å². The Kier molecular flexibility index (Phi) is 3.50. The second kappa shape index (κ2) is 4.28. The van der Waals surface area contributed by atoms with Gasteiger partial charge in [-0.15, -0.1) is 0 Å². The second-order valence-corrected chi connectivity index (χ2v) is 4.59. The van der Waals surface area contributed by atoms with Gasteiger partial charge in [0.15, 0.2) is 6.10 Å². The second-order valence-electron chi connectivity index (χ2n) is 4.59. The molecule has 4 heteroatoms. The standard InChI is InChI=1S/C10H19NO3/c1-10(2,3)14-9(12)8-5-4-7(6-11)13-8/h7-8H,4-6,11H2,1-3H3/t7-,8+/m0/s1. The van der Waals surface area contributed by atoms with Crippen LogP contribution < -0.4 is 5.73 Å². The summed E-state index contributed by atoms with van der Waals surface area (Å²) in [7, 11) is 0. The number of carbonyl (C=O) groups is 1. The summed E-state index contributed by atoms with van der Waals surface area (Å²) in [6.07, 6.45) is 1.17. The minimum Gasteiger partial charge on any atom is -0.458 e. The summed E-state index contributed by atoms with van der Waals surface area (Å²) in [5.41, 5.74) is 5.00. The molecule has 0 unspecified atom stereocenters. The van der Waals surface area contributed by atoms with Crippen molar-refractivity contribution in [1.29, 1.82) is 0 Å². The first-order chi connectivity index (χ1) is 6.42. The van der Waals surface area contributed by atoms with Crippen LogP contribution in [0, 0.1) is 0 Å². The molecule has 0 aromatic carbocycles. The van der Waals surface area contributed by atoms with E-state index in [0.717, 1.165) is 12.8 Å². The summed E-state index contributed by atoms with van der Waals surface area (Å²) >= 11 is 0. The van der Waals surface area contributed by atoms with Gasteiger partial charge in [-0.3, -0.25) is 0 Å².